The molecule has 2 fully saturated rings. The molecular formula is C18H27ClFN3O3S. The number of carbonyl (C=O) groups excluding carboxylic acids is 1. The van der Waals surface area contributed by atoms with Gasteiger partial charge in [-0.2, -0.15) is 4.31 Å². The fourth-order valence-electron chi connectivity index (χ4n) is 3.63. The van der Waals surface area contributed by atoms with E-state index in [4.69, 9.17) is 0 Å². The lowest BCUT2D eigenvalue weighted by atomic mass is 9.92. The van der Waals surface area contributed by atoms with E-state index >= 15 is 0 Å². The van der Waals surface area contributed by atoms with Gasteiger partial charge >= 0.3 is 0 Å². The first-order chi connectivity index (χ1) is 12.4. The molecule has 2 unspecified atom stereocenters. The summed E-state index contributed by atoms with van der Waals surface area (Å²) in [4.78, 5) is 12.2. The molecular weight excluding hydrogens is 393 g/mol. The molecule has 3 rings (SSSR count). The molecule has 0 bridgehead atoms. The summed E-state index contributed by atoms with van der Waals surface area (Å²) in [6.45, 7) is 4.34. The molecule has 1 aromatic carbocycles. The van der Waals surface area contributed by atoms with Crippen LogP contribution in [0.25, 0.3) is 0 Å². The van der Waals surface area contributed by atoms with Crippen LogP contribution in [-0.4, -0.2) is 50.9 Å². The van der Waals surface area contributed by atoms with Crippen molar-refractivity contribution in [2.24, 2.45) is 11.8 Å². The van der Waals surface area contributed by atoms with Crippen molar-refractivity contribution in [3.05, 3.63) is 30.1 Å². The minimum absolute atomic E-state index is 0. The number of nitrogens with one attached hydrogen (secondary N) is 2. The Kier molecular flexibility index (Phi) is 7.62. The van der Waals surface area contributed by atoms with Gasteiger partial charge in [-0.3, -0.25) is 4.79 Å². The molecule has 0 radical (unpaired) electrons. The van der Waals surface area contributed by atoms with Crippen molar-refractivity contribution in [2.45, 2.75) is 37.1 Å². The third kappa shape index (κ3) is 4.99. The van der Waals surface area contributed by atoms with Gasteiger partial charge < -0.3 is 10.6 Å². The van der Waals surface area contributed by atoms with E-state index in [0.717, 1.165) is 25.6 Å². The van der Waals surface area contributed by atoms with Crippen molar-refractivity contribution < 1.29 is 17.6 Å². The van der Waals surface area contributed by atoms with Gasteiger partial charge in [0.2, 0.25) is 15.9 Å². The second-order valence-corrected chi connectivity index (χ2v) is 9.10. The highest BCUT2D eigenvalue weighted by atomic mass is 35.5. The van der Waals surface area contributed by atoms with Crippen molar-refractivity contribution >= 4 is 28.3 Å². The van der Waals surface area contributed by atoms with Crippen LogP contribution in [0.4, 0.5) is 4.39 Å². The van der Waals surface area contributed by atoms with Crippen LogP contribution in [-0.2, 0) is 14.8 Å². The smallest absolute Gasteiger partial charge is 0.245 e. The topological polar surface area (TPSA) is 78.5 Å². The Hall–Kier alpha value is -1.22. The van der Waals surface area contributed by atoms with Crippen molar-refractivity contribution in [3.63, 3.8) is 0 Å². The number of benzene rings is 1. The molecule has 2 N–H and O–H groups in total. The van der Waals surface area contributed by atoms with Gasteiger partial charge in [0.15, 0.2) is 0 Å². The van der Waals surface area contributed by atoms with E-state index in [-0.39, 0.29) is 48.3 Å². The molecule has 1 aromatic rings. The predicted molar refractivity (Wildman–Crippen MR) is 104 cm³/mol. The first-order valence-electron chi connectivity index (χ1n) is 9.15. The molecule has 2 aliphatic heterocycles. The standard InChI is InChI=1S/C18H26FN3O3S.ClH/c1-13-6-9-20-12-16(13)21-18(23)14-7-10-22(11-8-14)26(24,25)17-5-3-2-4-15(17)19;/h2-5,13-14,16,20H,6-12H2,1H3,(H,21,23);1H. The number of nitrogens with zero attached hydrogens (tertiary/aromatic N) is 1. The summed E-state index contributed by atoms with van der Waals surface area (Å²) in [5.74, 6) is -0.516. The van der Waals surface area contributed by atoms with Crippen LogP contribution < -0.4 is 10.6 Å². The molecule has 27 heavy (non-hydrogen) atoms. The van der Waals surface area contributed by atoms with Gasteiger partial charge in [-0.25, -0.2) is 12.8 Å². The molecule has 0 spiro atoms. The summed E-state index contributed by atoms with van der Waals surface area (Å²) in [5.41, 5.74) is 0. The number of hydrogen-bond acceptors (Lipinski definition) is 4. The average molecular weight is 420 g/mol. The zero-order chi connectivity index (χ0) is 18.7. The molecule has 9 heteroatoms. The van der Waals surface area contributed by atoms with Gasteiger partial charge in [-0.1, -0.05) is 19.1 Å². The number of piperidine rings is 2. The van der Waals surface area contributed by atoms with E-state index in [0.29, 0.717) is 18.8 Å². The highest BCUT2D eigenvalue weighted by Crippen LogP contribution is 2.25. The normalized spacial score (nSPS) is 24.8. The first-order valence-corrected chi connectivity index (χ1v) is 10.6. The predicted octanol–water partition coefficient (Wildman–Crippen LogP) is 1.76. The maximum atomic E-state index is 13.9. The average Bonchev–Trinajstić information content (AvgIpc) is 2.64. The van der Waals surface area contributed by atoms with Crippen molar-refractivity contribution in [1.29, 1.82) is 0 Å². The van der Waals surface area contributed by atoms with Gasteiger partial charge in [0.05, 0.1) is 0 Å². The summed E-state index contributed by atoms with van der Waals surface area (Å²) < 4.78 is 40.4. The Bertz CT molecular complexity index is 754. The summed E-state index contributed by atoms with van der Waals surface area (Å²) in [5, 5.41) is 6.39. The highest BCUT2D eigenvalue weighted by Gasteiger charge is 2.34. The monoisotopic (exact) mass is 419 g/mol. The maximum Gasteiger partial charge on any atom is 0.245 e. The summed E-state index contributed by atoms with van der Waals surface area (Å²) in [6, 6.07) is 5.52. The second-order valence-electron chi connectivity index (χ2n) is 7.19. The molecule has 2 aliphatic rings. The second kappa shape index (κ2) is 9.32. The minimum Gasteiger partial charge on any atom is -0.352 e. The molecule has 0 aromatic heterocycles. The molecule has 2 atom stereocenters. The van der Waals surface area contributed by atoms with Crippen LogP contribution in [0.15, 0.2) is 29.2 Å². The number of rotatable bonds is 4. The van der Waals surface area contributed by atoms with E-state index < -0.39 is 15.8 Å². The quantitative estimate of drug-likeness (QED) is 0.779. The number of amides is 1. The zero-order valence-corrected chi connectivity index (χ0v) is 17.0. The summed E-state index contributed by atoms with van der Waals surface area (Å²) in [6.07, 6.45) is 1.94. The van der Waals surface area contributed by atoms with Crippen molar-refractivity contribution in [2.75, 3.05) is 26.2 Å². The van der Waals surface area contributed by atoms with Gasteiger partial charge in [0.1, 0.15) is 10.7 Å². The van der Waals surface area contributed by atoms with Gasteiger partial charge in [0, 0.05) is 31.6 Å². The van der Waals surface area contributed by atoms with E-state index in [1.54, 1.807) is 0 Å². The number of hydrogen-bond donors (Lipinski definition) is 2. The lowest BCUT2D eigenvalue weighted by Gasteiger charge is -2.34. The highest BCUT2D eigenvalue weighted by molar-refractivity contribution is 7.89. The fourth-order valence-corrected chi connectivity index (χ4v) is 5.17. The van der Waals surface area contributed by atoms with Crippen molar-refractivity contribution in [1.82, 2.24) is 14.9 Å². The van der Waals surface area contributed by atoms with E-state index in [1.165, 1.54) is 22.5 Å². The van der Waals surface area contributed by atoms with Crippen LogP contribution in [0.5, 0.6) is 0 Å². The fraction of sp³-hybridized carbons (Fsp3) is 0.611. The Morgan fingerprint density at radius 3 is 2.52 bits per heavy atom. The first kappa shape index (κ1) is 22.1. The van der Waals surface area contributed by atoms with Gasteiger partial charge in [-0.15, -0.1) is 12.4 Å². The van der Waals surface area contributed by atoms with E-state index in [2.05, 4.69) is 17.6 Å². The van der Waals surface area contributed by atoms with Crippen LogP contribution in [0.2, 0.25) is 0 Å². The molecule has 1 amide bonds. The van der Waals surface area contributed by atoms with Gasteiger partial charge in [0.25, 0.3) is 0 Å². The zero-order valence-electron chi connectivity index (χ0n) is 15.4. The number of halogens is 2. The largest absolute Gasteiger partial charge is 0.352 e. The van der Waals surface area contributed by atoms with Gasteiger partial charge in [-0.05, 0) is 43.9 Å². The molecule has 152 valence electrons. The Morgan fingerprint density at radius 1 is 1.22 bits per heavy atom. The molecule has 2 heterocycles. The Morgan fingerprint density at radius 2 is 1.89 bits per heavy atom. The SMILES string of the molecule is CC1CCNCC1NC(=O)C1CCN(S(=O)(=O)c2ccccc2F)CC1.Cl. The molecule has 0 saturated carbocycles. The Balaban J connectivity index is 0.00000261. The number of sulfonamides is 1. The lowest BCUT2D eigenvalue weighted by Crippen LogP contribution is -2.52. The Labute approximate surface area is 166 Å². The molecule has 6 nitrogen and oxygen atoms in total. The molecule has 2 saturated heterocycles. The third-order valence-corrected chi connectivity index (χ3v) is 7.37. The third-order valence-electron chi connectivity index (χ3n) is 5.43. The van der Waals surface area contributed by atoms with Crippen LogP contribution in [0.3, 0.4) is 0 Å². The van der Waals surface area contributed by atoms with E-state index in [1.807, 2.05) is 0 Å². The van der Waals surface area contributed by atoms with Crippen LogP contribution >= 0.6 is 12.4 Å². The summed E-state index contributed by atoms with van der Waals surface area (Å²) >= 11 is 0. The minimum atomic E-state index is -3.86. The lowest BCUT2D eigenvalue weighted by molar-refractivity contribution is -0.127. The van der Waals surface area contributed by atoms with Crippen LogP contribution in [0, 0.1) is 17.7 Å². The van der Waals surface area contributed by atoms with Crippen LogP contribution in [0.1, 0.15) is 26.2 Å². The van der Waals surface area contributed by atoms with Crippen molar-refractivity contribution in [3.8, 4) is 0 Å². The number of carbonyl (C=O) groups is 1. The summed E-state index contributed by atoms with van der Waals surface area (Å²) in [7, 11) is -3.86. The van der Waals surface area contributed by atoms with E-state index in [9.17, 15) is 17.6 Å². The maximum absolute atomic E-state index is 13.9. The molecule has 0 aliphatic carbocycles.